The van der Waals surface area contributed by atoms with Gasteiger partial charge in [-0.3, -0.25) is 9.59 Å². The third-order valence-corrected chi connectivity index (χ3v) is 4.35. The number of nitrogens with one attached hydrogen (secondary N) is 1. The molecule has 1 unspecified atom stereocenters. The molecule has 2 amide bonds. The molecule has 0 spiro atoms. The van der Waals surface area contributed by atoms with Gasteiger partial charge in [0.1, 0.15) is 11.6 Å². The van der Waals surface area contributed by atoms with E-state index in [1.165, 1.54) is 12.1 Å². The Morgan fingerprint density at radius 1 is 1.15 bits per heavy atom. The lowest BCUT2D eigenvalue weighted by Gasteiger charge is -2.25. The minimum atomic E-state index is -0.659. The summed E-state index contributed by atoms with van der Waals surface area (Å²) in [6.45, 7) is 3.89. The molecule has 1 N–H and O–H groups in total. The summed E-state index contributed by atoms with van der Waals surface area (Å²) in [5, 5.41) is 2.61. The molecule has 4 nitrogen and oxygen atoms in total. The first kappa shape index (κ1) is 17.8. The van der Waals surface area contributed by atoms with Crippen LogP contribution in [-0.4, -0.2) is 23.3 Å². The fraction of sp³-hybridized carbons (Fsp3) is 0.200. The first-order valence-corrected chi connectivity index (χ1v) is 8.28. The maximum absolute atomic E-state index is 13.5. The third kappa shape index (κ3) is 3.79. The average Bonchev–Trinajstić information content (AvgIpc) is 3.10. The second-order valence-corrected chi connectivity index (χ2v) is 6.13. The van der Waals surface area contributed by atoms with E-state index in [2.05, 4.69) is 11.9 Å². The molecule has 2 aromatic rings. The van der Waals surface area contributed by atoms with Crippen LogP contribution in [0.1, 0.15) is 34.8 Å². The molecule has 2 aromatic carbocycles. The number of carbonyl (C=O) groups is 2. The first-order chi connectivity index (χ1) is 12.5. The van der Waals surface area contributed by atoms with E-state index in [-0.39, 0.29) is 17.9 Å². The monoisotopic (exact) mass is 356 g/mol. The predicted molar refractivity (Wildman–Crippen MR) is 94.6 cm³/mol. The molecule has 0 bridgehead atoms. The number of amides is 2. The number of anilines is 1. The van der Waals surface area contributed by atoms with Crippen molar-refractivity contribution < 1.29 is 18.4 Å². The van der Waals surface area contributed by atoms with Crippen LogP contribution in [0, 0.1) is 11.6 Å². The lowest BCUT2D eigenvalue weighted by Crippen LogP contribution is -2.30. The number of benzene rings is 2. The normalized spacial score (nSPS) is 16.4. The molecule has 1 saturated heterocycles. The van der Waals surface area contributed by atoms with Gasteiger partial charge in [0.05, 0.1) is 6.04 Å². The quantitative estimate of drug-likeness (QED) is 0.840. The summed E-state index contributed by atoms with van der Waals surface area (Å²) in [5.41, 5.74) is 1.33. The summed E-state index contributed by atoms with van der Waals surface area (Å²) in [6, 6.07) is 9.52. The Bertz CT molecular complexity index is 846. The van der Waals surface area contributed by atoms with Gasteiger partial charge in [-0.15, -0.1) is 0 Å². The van der Waals surface area contributed by atoms with Crippen molar-refractivity contribution in [2.75, 3.05) is 11.9 Å². The number of carbonyl (C=O) groups excluding carboxylic acids is 2. The summed E-state index contributed by atoms with van der Waals surface area (Å²) in [5.74, 6) is -1.93. The van der Waals surface area contributed by atoms with Gasteiger partial charge in [-0.2, -0.15) is 0 Å². The molecule has 0 aliphatic carbocycles. The fourth-order valence-corrected chi connectivity index (χ4v) is 3.21. The molecule has 26 heavy (non-hydrogen) atoms. The summed E-state index contributed by atoms with van der Waals surface area (Å²) >= 11 is 0. The van der Waals surface area contributed by atoms with Crippen molar-refractivity contribution in [3.05, 3.63) is 77.9 Å². The Kier molecular flexibility index (Phi) is 5.11. The van der Waals surface area contributed by atoms with Crippen molar-refractivity contribution in [2.45, 2.75) is 18.9 Å². The van der Waals surface area contributed by atoms with E-state index in [0.29, 0.717) is 29.8 Å². The van der Waals surface area contributed by atoms with Crippen LogP contribution in [0.2, 0.25) is 0 Å². The molecular weight excluding hydrogens is 338 g/mol. The number of hydrogen-bond acceptors (Lipinski definition) is 2. The largest absolute Gasteiger partial charge is 0.332 e. The van der Waals surface area contributed by atoms with E-state index >= 15 is 0 Å². The Morgan fingerprint density at radius 2 is 1.88 bits per heavy atom. The molecule has 6 heteroatoms. The number of likely N-dealkylation sites (tertiary alicyclic amines) is 1. The molecule has 1 aliphatic heterocycles. The van der Waals surface area contributed by atoms with Crippen LogP contribution < -0.4 is 5.32 Å². The van der Waals surface area contributed by atoms with Crippen LogP contribution in [0.3, 0.4) is 0 Å². The van der Waals surface area contributed by atoms with Crippen molar-refractivity contribution >= 4 is 17.5 Å². The standard InChI is InChI=1S/C20H18F2N2O2/c1-2-19(25)23-17-6-3-5-13(11-17)20(26)24-8-4-7-18(24)14-9-15(21)12-16(22)10-14/h2-3,5-6,9-12,18H,1,4,7-8H2,(H,23,25). The number of nitrogens with zero attached hydrogens (tertiary/aromatic N) is 1. The second-order valence-electron chi connectivity index (χ2n) is 6.13. The summed E-state index contributed by atoms with van der Waals surface area (Å²) in [6.07, 6.45) is 2.53. The van der Waals surface area contributed by atoms with Crippen LogP contribution >= 0.6 is 0 Å². The second kappa shape index (κ2) is 7.47. The highest BCUT2D eigenvalue weighted by Crippen LogP contribution is 2.34. The van der Waals surface area contributed by atoms with E-state index in [1.54, 1.807) is 29.2 Å². The topological polar surface area (TPSA) is 49.4 Å². The number of halogens is 2. The van der Waals surface area contributed by atoms with E-state index in [9.17, 15) is 18.4 Å². The highest BCUT2D eigenvalue weighted by Gasteiger charge is 2.31. The minimum absolute atomic E-state index is 0.244. The van der Waals surface area contributed by atoms with Crippen LogP contribution in [0.25, 0.3) is 0 Å². The Morgan fingerprint density at radius 3 is 2.58 bits per heavy atom. The number of hydrogen-bond donors (Lipinski definition) is 1. The molecule has 1 fully saturated rings. The maximum atomic E-state index is 13.5. The van der Waals surface area contributed by atoms with Crippen molar-refractivity contribution in [1.82, 2.24) is 4.90 Å². The molecular formula is C20H18F2N2O2. The van der Waals surface area contributed by atoms with Gasteiger partial charge in [-0.25, -0.2) is 8.78 Å². The minimum Gasteiger partial charge on any atom is -0.332 e. The van der Waals surface area contributed by atoms with Gasteiger partial charge in [0.15, 0.2) is 0 Å². The van der Waals surface area contributed by atoms with E-state index in [1.807, 2.05) is 0 Å². The molecule has 134 valence electrons. The average molecular weight is 356 g/mol. The van der Waals surface area contributed by atoms with E-state index in [0.717, 1.165) is 18.6 Å². The van der Waals surface area contributed by atoms with Crippen molar-refractivity contribution in [3.63, 3.8) is 0 Å². The van der Waals surface area contributed by atoms with Crippen molar-refractivity contribution in [2.24, 2.45) is 0 Å². The summed E-state index contributed by atoms with van der Waals surface area (Å²) in [7, 11) is 0. The van der Waals surface area contributed by atoms with Gasteiger partial charge in [-0.05, 0) is 54.8 Å². The van der Waals surface area contributed by atoms with Crippen LogP contribution in [0.5, 0.6) is 0 Å². The van der Waals surface area contributed by atoms with Gasteiger partial charge >= 0.3 is 0 Å². The fourth-order valence-electron chi connectivity index (χ4n) is 3.21. The smallest absolute Gasteiger partial charge is 0.254 e. The molecule has 1 heterocycles. The van der Waals surface area contributed by atoms with Crippen LogP contribution in [0.4, 0.5) is 14.5 Å². The van der Waals surface area contributed by atoms with Crippen LogP contribution in [0.15, 0.2) is 55.1 Å². The van der Waals surface area contributed by atoms with Gasteiger partial charge in [-0.1, -0.05) is 12.6 Å². The van der Waals surface area contributed by atoms with Gasteiger partial charge in [0.2, 0.25) is 5.91 Å². The highest BCUT2D eigenvalue weighted by molar-refractivity contribution is 6.01. The van der Waals surface area contributed by atoms with Crippen molar-refractivity contribution in [3.8, 4) is 0 Å². The molecule has 0 radical (unpaired) electrons. The number of rotatable bonds is 4. The maximum Gasteiger partial charge on any atom is 0.254 e. The molecule has 1 aliphatic rings. The zero-order valence-corrected chi connectivity index (χ0v) is 14.0. The third-order valence-electron chi connectivity index (χ3n) is 4.35. The zero-order chi connectivity index (χ0) is 18.7. The predicted octanol–water partition coefficient (Wildman–Crippen LogP) is 4.07. The Labute approximate surface area is 150 Å². The molecule has 3 rings (SSSR count). The summed E-state index contributed by atoms with van der Waals surface area (Å²) < 4.78 is 27.1. The molecule has 1 atom stereocenters. The molecule has 0 aromatic heterocycles. The van der Waals surface area contributed by atoms with E-state index < -0.39 is 11.6 Å². The lowest BCUT2D eigenvalue weighted by atomic mass is 10.0. The zero-order valence-electron chi connectivity index (χ0n) is 14.0. The Balaban J connectivity index is 1.85. The van der Waals surface area contributed by atoms with Crippen LogP contribution in [-0.2, 0) is 4.79 Å². The van der Waals surface area contributed by atoms with E-state index in [4.69, 9.17) is 0 Å². The first-order valence-electron chi connectivity index (χ1n) is 8.28. The van der Waals surface area contributed by atoms with Crippen molar-refractivity contribution in [1.29, 1.82) is 0 Å². The Hall–Kier alpha value is -3.02. The SMILES string of the molecule is C=CC(=O)Nc1cccc(C(=O)N2CCCC2c2cc(F)cc(F)c2)c1. The molecule has 0 saturated carbocycles. The highest BCUT2D eigenvalue weighted by atomic mass is 19.1. The van der Waals surface area contributed by atoms with Gasteiger partial charge in [0.25, 0.3) is 5.91 Å². The van der Waals surface area contributed by atoms with Gasteiger partial charge in [0, 0.05) is 23.9 Å². The summed E-state index contributed by atoms with van der Waals surface area (Å²) in [4.78, 5) is 26.0. The van der Waals surface area contributed by atoms with Gasteiger partial charge < -0.3 is 10.2 Å². The lowest BCUT2D eigenvalue weighted by molar-refractivity contribution is -0.111.